The van der Waals surface area contributed by atoms with Gasteiger partial charge < -0.3 is 0 Å². The van der Waals surface area contributed by atoms with Gasteiger partial charge >= 0.3 is 0 Å². The number of hydrogen-bond donors (Lipinski definition) is 0. The van der Waals surface area contributed by atoms with Gasteiger partial charge in [0.05, 0.1) is 0 Å². The van der Waals surface area contributed by atoms with Crippen LogP contribution in [0.25, 0.3) is 11.6 Å². The monoisotopic (exact) mass is 334 g/mol. The summed E-state index contributed by atoms with van der Waals surface area (Å²) in [4.78, 5) is 0. The number of allylic oxidation sites excluding steroid dienone is 2. The predicted octanol–water partition coefficient (Wildman–Crippen LogP) is 8.03. The minimum Gasteiger partial charge on any atom is -0.0985 e. The molecule has 0 amide bonds. The van der Waals surface area contributed by atoms with Crippen molar-refractivity contribution in [1.29, 1.82) is 0 Å². The van der Waals surface area contributed by atoms with E-state index in [9.17, 15) is 0 Å². The highest BCUT2D eigenvalue weighted by atomic mass is 14.1. The summed E-state index contributed by atoms with van der Waals surface area (Å²) in [7, 11) is 0. The largest absolute Gasteiger partial charge is 0.0985 e. The van der Waals surface area contributed by atoms with Crippen LogP contribution < -0.4 is 0 Å². The normalized spacial score (nSPS) is 9.96. The summed E-state index contributed by atoms with van der Waals surface area (Å²) in [5.41, 5.74) is 5.81. The average Bonchev–Trinajstić information content (AvgIpc) is 2.67. The van der Waals surface area contributed by atoms with Crippen molar-refractivity contribution in [2.24, 2.45) is 5.92 Å². The second-order valence-corrected chi connectivity index (χ2v) is 6.70. The molecular weight excluding hydrogens is 300 g/mol. The molecule has 25 heavy (non-hydrogen) atoms. The van der Waals surface area contributed by atoms with Crippen LogP contribution in [-0.4, -0.2) is 0 Å². The zero-order chi connectivity index (χ0) is 18.5. The van der Waals surface area contributed by atoms with Crippen LogP contribution >= 0.6 is 0 Å². The molecule has 0 spiro atoms. The Morgan fingerprint density at radius 3 is 1.80 bits per heavy atom. The second kappa shape index (κ2) is 12.3. The highest BCUT2D eigenvalue weighted by molar-refractivity contribution is 5.68. The average molecular weight is 335 g/mol. The van der Waals surface area contributed by atoms with Crippen molar-refractivity contribution in [2.45, 2.75) is 53.4 Å². The first kappa shape index (κ1) is 21.0. The van der Waals surface area contributed by atoms with Gasteiger partial charge in [0.25, 0.3) is 0 Å². The third kappa shape index (κ3) is 8.03. The van der Waals surface area contributed by atoms with Crippen LogP contribution in [0, 0.1) is 5.92 Å². The summed E-state index contributed by atoms with van der Waals surface area (Å²) in [6.07, 6.45) is 6.70. The molecule has 0 atom stereocenters. The number of rotatable bonds is 7. The van der Waals surface area contributed by atoms with Crippen LogP contribution in [0.2, 0.25) is 0 Å². The fourth-order valence-corrected chi connectivity index (χ4v) is 2.86. The first-order valence-corrected chi connectivity index (χ1v) is 9.56. The molecule has 0 N–H and O–H groups in total. The van der Waals surface area contributed by atoms with Crippen molar-refractivity contribution in [1.82, 2.24) is 0 Å². The molecule has 0 aromatic heterocycles. The van der Waals surface area contributed by atoms with Crippen LogP contribution in [-0.2, 0) is 0 Å². The van der Waals surface area contributed by atoms with E-state index in [4.69, 9.17) is 0 Å². The summed E-state index contributed by atoms with van der Waals surface area (Å²) in [6, 6.07) is 20.9. The zero-order valence-corrected chi connectivity index (χ0v) is 16.5. The van der Waals surface area contributed by atoms with Gasteiger partial charge in [-0.1, -0.05) is 107 Å². The van der Waals surface area contributed by atoms with Gasteiger partial charge in [-0.3, -0.25) is 0 Å². The lowest BCUT2D eigenvalue weighted by atomic mass is 9.91. The van der Waals surface area contributed by atoms with Gasteiger partial charge in [0.15, 0.2) is 0 Å². The van der Waals surface area contributed by atoms with E-state index in [2.05, 4.69) is 64.6 Å². The van der Waals surface area contributed by atoms with Crippen molar-refractivity contribution in [2.75, 3.05) is 0 Å². The molecule has 2 aromatic carbocycles. The Bertz CT molecular complexity index is 612. The van der Waals surface area contributed by atoms with Gasteiger partial charge in [0.1, 0.15) is 0 Å². The van der Waals surface area contributed by atoms with Crippen LogP contribution in [0.1, 0.15) is 64.5 Å². The Hall–Kier alpha value is -2.08. The molecule has 0 saturated heterocycles. The Labute approximate surface area is 155 Å². The summed E-state index contributed by atoms with van der Waals surface area (Å²) in [5.74, 6) is 0.781. The first-order chi connectivity index (χ1) is 12.1. The van der Waals surface area contributed by atoms with Crippen LogP contribution in [0.3, 0.4) is 0 Å². The van der Waals surface area contributed by atoms with Crippen molar-refractivity contribution in [3.8, 4) is 0 Å². The van der Waals surface area contributed by atoms with E-state index < -0.39 is 0 Å². The number of benzene rings is 2. The molecule has 0 bridgehead atoms. The summed E-state index contributed by atoms with van der Waals surface area (Å²) in [6.45, 7) is 12.8. The van der Waals surface area contributed by atoms with E-state index in [0.717, 1.165) is 5.92 Å². The fourth-order valence-electron chi connectivity index (χ4n) is 2.86. The van der Waals surface area contributed by atoms with E-state index >= 15 is 0 Å². The number of hydrogen-bond acceptors (Lipinski definition) is 0. The first-order valence-electron chi connectivity index (χ1n) is 9.56. The molecule has 0 nitrogen and oxygen atoms in total. The van der Waals surface area contributed by atoms with Crippen molar-refractivity contribution < 1.29 is 0 Å². The standard InChI is InChI=1S/C17H26.C8H8/c1-5-15(6-2)17(13-12-14(3)4)16-10-8-7-9-11-16;1-2-8-6-4-3-5-7-8/h7-11,14H,5-6,12-13H2,1-4H3;2-7H,1H2. The van der Waals surface area contributed by atoms with Crippen molar-refractivity contribution in [3.63, 3.8) is 0 Å². The SMILES string of the molecule is C=Cc1ccccc1.CCC(CC)=C(CCC(C)C)c1ccccc1. The summed E-state index contributed by atoms with van der Waals surface area (Å²) in [5, 5.41) is 0. The van der Waals surface area contributed by atoms with Crippen LogP contribution in [0.4, 0.5) is 0 Å². The maximum atomic E-state index is 3.63. The smallest absolute Gasteiger partial charge is 0.0225 e. The quantitative estimate of drug-likeness (QED) is 0.480. The maximum Gasteiger partial charge on any atom is -0.0225 e. The van der Waals surface area contributed by atoms with Gasteiger partial charge in [0, 0.05) is 0 Å². The van der Waals surface area contributed by atoms with Crippen molar-refractivity contribution >= 4 is 11.6 Å². The third-order valence-corrected chi connectivity index (χ3v) is 4.41. The molecule has 0 radical (unpaired) electrons. The fraction of sp³-hybridized carbons (Fsp3) is 0.360. The molecule has 0 aliphatic carbocycles. The Balaban J connectivity index is 0.000000324. The minimum atomic E-state index is 0.781. The molecule has 0 heteroatoms. The van der Waals surface area contributed by atoms with E-state index in [1.54, 1.807) is 11.1 Å². The Morgan fingerprint density at radius 2 is 1.40 bits per heavy atom. The molecule has 2 rings (SSSR count). The molecule has 0 unspecified atom stereocenters. The van der Waals surface area contributed by atoms with Crippen LogP contribution in [0.15, 0.2) is 72.8 Å². The molecule has 0 saturated carbocycles. The second-order valence-electron chi connectivity index (χ2n) is 6.70. The summed E-state index contributed by atoms with van der Waals surface area (Å²) < 4.78 is 0. The molecule has 134 valence electrons. The van der Waals surface area contributed by atoms with Gasteiger partial charge in [-0.15, -0.1) is 0 Å². The highest BCUT2D eigenvalue weighted by Crippen LogP contribution is 2.28. The molecule has 0 aliphatic rings. The van der Waals surface area contributed by atoms with Crippen LogP contribution in [0.5, 0.6) is 0 Å². The molecular formula is C25H34. The highest BCUT2D eigenvalue weighted by Gasteiger charge is 2.07. The van der Waals surface area contributed by atoms with E-state index in [0.29, 0.717) is 0 Å². The maximum absolute atomic E-state index is 3.63. The van der Waals surface area contributed by atoms with E-state index in [1.165, 1.54) is 36.8 Å². The van der Waals surface area contributed by atoms with Gasteiger partial charge in [-0.05, 0) is 48.3 Å². The van der Waals surface area contributed by atoms with E-state index in [1.807, 2.05) is 36.4 Å². The lowest BCUT2D eigenvalue weighted by Gasteiger charge is -2.15. The van der Waals surface area contributed by atoms with Gasteiger partial charge in [0.2, 0.25) is 0 Å². The van der Waals surface area contributed by atoms with Crippen molar-refractivity contribution in [3.05, 3.63) is 83.9 Å². The van der Waals surface area contributed by atoms with Gasteiger partial charge in [-0.2, -0.15) is 0 Å². The lowest BCUT2D eigenvalue weighted by molar-refractivity contribution is 0.597. The third-order valence-electron chi connectivity index (χ3n) is 4.41. The topological polar surface area (TPSA) is 0 Å². The molecule has 0 fully saturated rings. The summed E-state index contributed by atoms with van der Waals surface area (Å²) >= 11 is 0. The molecule has 0 heterocycles. The zero-order valence-electron chi connectivity index (χ0n) is 16.5. The molecule has 2 aromatic rings. The lowest BCUT2D eigenvalue weighted by Crippen LogP contribution is -1.95. The predicted molar refractivity (Wildman–Crippen MR) is 115 cm³/mol. The molecule has 0 aliphatic heterocycles. The van der Waals surface area contributed by atoms with E-state index in [-0.39, 0.29) is 0 Å². The Morgan fingerprint density at radius 1 is 0.880 bits per heavy atom. The minimum absolute atomic E-state index is 0.781. The Kier molecular flexibility index (Phi) is 10.3. The van der Waals surface area contributed by atoms with Gasteiger partial charge in [-0.25, -0.2) is 0 Å².